The number of nitrogens with zero attached hydrogens (tertiary/aromatic N) is 1. The molecule has 72 valence electrons. The van der Waals surface area contributed by atoms with Gasteiger partial charge >= 0.3 is 11.6 Å². The maximum atomic E-state index is 11.0. The van der Waals surface area contributed by atoms with E-state index in [1.54, 1.807) is 11.7 Å². The number of aromatic nitrogens is 2. The van der Waals surface area contributed by atoms with Crippen molar-refractivity contribution in [3.63, 3.8) is 0 Å². The standard InChI is InChI=1S/C8H14N4O/c1-3-4-5-6(9)7(8(10)13)12(2)11-5/h3-4H2,1-2H3,(H4,9,10,13)/p+1. The molecule has 1 aromatic rings. The number of amides is 1. The molecule has 5 N–H and O–H groups in total. The normalized spacial score (nSPS) is 10.3. The summed E-state index contributed by atoms with van der Waals surface area (Å²) in [6, 6.07) is 0. The lowest BCUT2D eigenvalue weighted by Gasteiger charge is -1.90. The van der Waals surface area contributed by atoms with Crippen LogP contribution in [-0.2, 0) is 13.5 Å². The topological polar surface area (TPSA) is 88.8 Å². The number of rotatable bonds is 3. The van der Waals surface area contributed by atoms with Crippen LogP contribution in [0.4, 0.5) is 5.69 Å². The minimum Gasteiger partial charge on any atom is -0.391 e. The molecule has 0 atom stereocenters. The van der Waals surface area contributed by atoms with E-state index in [-0.39, 0.29) is 0 Å². The van der Waals surface area contributed by atoms with E-state index in [0.717, 1.165) is 18.5 Å². The number of nitrogen functional groups attached to an aromatic ring is 1. The van der Waals surface area contributed by atoms with E-state index in [4.69, 9.17) is 11.5 Å². The molecule has 0 spiro atoms. The highest BCUT2D eigenvalue weighted by Crippen LogP contribution is 2.12. The number of nitrogens with two attached hydrogens (primary N) is 2. The van der Waals surface area contributed by atoms with Crippen LogP contribution < -0.4 is 16.1 Å². The fourth-order valence-electron chi connectivity index (χ4n) is 1.38. The Morgan fingerprint density at radius 1 is 1.62 bits per heavy atom. The molecule has 0 fully saturated rings. The highest BCUT2D eigenvalue weighted by Gasteiger charge is 2.24. The molecule has 0 aliphatic carbocycles. The van der Waals surface area contributed by atoms with Crippen LogP contribution in [0.15, 0.2) is 0 Å². The van der Waals surface area contributed by atoms with E-state index >= 15 is 0 Å². The number of primary amides is 1. The van der Waals surface area contributed by atoms with Crippen molar-refractivity contribution in [1.29, 1.82) is 0 Å². The largest absolute Gasteiger partial charge is 0.391 e. The third-order valence-electron chi connectivity index (χ3n) is 1.95. The summed E-state index contributed by atoms with van der Waals surface area (Å²) in [5.41, 5.74) is 12.6. The van der Waals surface area contributed by atoms with Crippen LogP contribution in [0, 0.1) is 0 Å². The van der Waals surface area contributed by atoms with Gasteiger partial charge in [-0.2, -0.15) is 5.10 Å². The lowest BCUT2D eigenvalue weighted by Crippen LogP contribution is -2.39. The molecule has 0 radical (unpaired) electrons. The maximum Gasteiger partial charge on any atom is 0.318 e. The summed E-state index contributed by atoms with van der Waals surface area (Å²) in [4.78, 5) is 11.0. The SMILES string of the molecule is CCCc1[nH][n+](C)c(C(N)=O)c1N. The number of anilines is 1. The van der Waals surface area contributed by atoms with Gasteiger partial charge in [-0.25, -0.2) is 0 Å². The van der Waals surface area contributed by atoms with Gasteiger partial charge in [0.15, 0.2) is 7.05 Å². The Morgan fingerprint density at radius 3 is 2.62 bits per heavy atom. The molecule has 1 rings (SSSR count). The first kappa shape index (κ1) is 9.57. The van der Waals surface area contributed by atoms with E-state index in [1.807, 2.05) is 6.92 Å². The first-order valence-corrected chi connectivity index (χ1v) is 4.24. The Balaban J connectivity index is 3.14. The lowest BCUT2D eigenvalue weighted by molar-refractivity contribution is -0.728. The molecule has 5 heteroatoms. The summed E-state index contributed by atoms with van der Waals surface area (Å²) in [7, 11) is 1.72. The highest BCUT2D eigenvalue weighted by molar-refractivity contribution is 5.94. The van der Waals surface area contributed by atoms with E-state index in [2.05, 4.69) is 5.10 Å². The number of hydrogen-bond donors (Lipinski definition) is 3. The van der Waals surface area contributed by atoms with Gasteiger partial charge in [0, 0.05) is 0 Å². The minimum atomic E-state index is -0.501. The number of H-pyrrole nitrogens is 1. The molecular weight excluding hydrogens is 168 g/mol. The van der Waals surface area contributed by atoms with Gasteiger partial charge in [0.05, 0.1) is 0 Å². The van der Waals surface area contributed by atoms with Crippen molar-refractivity contribution < 1.29 is 9.48 Å². The molecule has 1 aromatic heterocycles. The molecule has 0 saturated carbocycles. The number of carbonyl (C=O) groups excluding carboxylic acids is 1. The van der Waals surface area contributed by atoms with Crippen LogP contribution in [0.3, 0.4) is 0 Å². The predicted octanol–water partition coefficient (Wildman–Crippen LogP) is -0.527. The zero-order valence-corrected chi connectivity index (χ0v) is 7.92. The van der Waals surface area contributed by atoms with Crippen molar-refractivity contribution in [2.75, 3.05) is 5.73 Å². The minimum absolute atomic E-state index is 0.350. The van der Waals surface area contributed by atoms with Crippen molar-refractivity contribution in [2.45, 2.75) is 19.8 Å². The third-order valence-corrected chi connectivity index (χ3v) is 1.95. The van der Waals surface area contributed by atoms with Crippen LogP contribution in [0.1, 0.15) is 29.5 Å². The van der Waals surface area contributed by atoms with Gasteiger partial charge in [0.1, 0.15) is 11.4 Å². The van der Waals surface area contributed by atoms with Crippen LogP contribution in [0.5, 0.6) is 0 Å². The summed E-state index contributed by atoms with van der Waals surface area (Å²) in [6.07, 6.45) is 1.80. The van der Waals surface area contributed by atoms with Crippen molar-refractivity contribution in [1.82, 2.24) is 5.10 Å². The summed E-state index contributed by atoms with van der Waals surface area (Å²) < 4.78 is 1.56. The van der Waals surface area contributed by atoms with Crippen molar-refractivity contribution >= 4 is 11.6 Å². The van der Waals surface area contributed by atoms with Crippen molar-refractivity contribution in [3.05, 3.63) is 11.4 Å². The number of carbonyl (C=O) groups is 1. The molecule has 5 nitrogen and oxygen atoms in total. The number of aryl methyl sites for hydroxylation is 2. The van der Waals surface area contributed by atoms with Gasteiger partial charge in [-0.1, -0.05) is 13.3 Å². The van der Waals surface area contributed by atoms with Gasteiger partial charge in [0.2, 0.25) is 0 Å². The average molecular weight is 183 g/mol. The van der Waals surface area contributed by atoms with Gasteiger partial charge in [-0.15, -0.1) is 4.68 Å². The summed E-state index contributed by atoms with van der Waals surface area (Å²) >= 11 is 0. The fraction of sp³-hybridized carbons (Fsp3) is 0.500. The quantitative estimate of drug-likeness (QED) is 0.550. The summed E-state index contributed by atoms with van der Waals surface area (Å²) in [6.45, 7) is 2.05. The molecule has 0 aliphatic rings. The molecule has 0 bridgehead atoms. The molecule has 0 saturated heterocycles. The Kier molecular flexibility index (Phi) is 2.55. The average Bonchev–Trinajstić information content (AvgIpc) is 2.28. The van der Waals surface area contributed by atoms with E-state index in [9.17, 15) is 4.79 Å². The Hall–Kier alpha value is -1.52. The van der Waals surface area contributed by atoms with Crippen LogP contribution in [0.2, 0.25) is 0 Å². The molecule has 1 amide bonds. The molecule has 0 aliphatic heterocycles. The van der Waals surface area contributed by atoms with E-state index in [0.29, 0.717) is 11.4 Å². The fourth-order valence-corrected chi connectivity index (χ4v) is 1.38. The molecule has 0 aromatic carbocycles. The zero-order chi connectivity index (χ0) is 10.0. The van der Waals surface area contributed by atoms with Crippen LogP contribution in [-0.4, -0.2) is 11.0 Å². The van der Waals surface area contributed by atoms with Gasteiger partial charge < -0.3 is 11.5 Å². The first-order chi connectivity index (χ1) is 6.07. The molecule has 1 heterocycles. The van der Waals surface area contributed by atoms with E-state index in [1.165, 1.54) is 0 Å². The van der Waals surface area contributed by atoms with Crippen LogP contribution in [0.25, 0.3) is 0 Å². The molecule has 13 heavy (non-hydrogen) atoms. The monoisotopic (exact) mass is 183 g/mol. The molecule has 0 unspecified atom stereocenters. The van der Waals surface area contributed by atoms with Crippen molar-refractivity contribution in [3.8, 4) is 0 Å². The van der Waals surface area contributed by atoms with Gasteiger partial charge in [-0.3, -0.25) is 4.79 Å². The lowest BCUT2D eigenvalue weighted by atomic mass is 10.2. The van der Waals surface area contributed by atoms with E-state index < -0.39 is 5.91 Å². The Morgan fingerprint density at radius 2 is 2.23 bits per heavy atom. The summed E-state index contributed by atoms with van der Waals surface area (Å²) in [5, 5.41) is 2.99. The Labute approximate surface area is 76.7 Å². The first-order valence-electron chi connectivity index (χ1n) is 4.24. The Bertz CT molecular complexity index is 329. The highest BCUT2D eigenvalue weighted by atomic mass is 16.1. The second kappa shape index (κ2) is 3.47. The van der Waals surface area contributed by atoms with Crippen molar-refractivity contribution in [2.24, 2.45) is 12.8 Å². The number of hydrogen-bond acceptors (Lipinski definition) is 2. The predicted molar refractivity (Wildman–Crippen MR) is 48.9 cm³/mol. The zero-order valence-electron chi connectivity index (χ0n) is 7.92. The second-order valence-electron chi connectivity index (χ2n) is 3.03. The third kappa shape index (κ3) is 1.63. The summed E-state index contributed by atoms with van der Waals surface area (Å²) in [5.74, 6) is -0.501. The maximum absolute atomic E-state index is 11.0. The number of aromatic amines is 1. The van der Waals surface area contributed by atoms with Gasteiger partial charge in [0.25, 0.3) is 0 Å². The van der Waals surface area contributed by atoms with Crippen LogP contribution >= 0.6 is 0 Å². The smallest absolute Gasteiger partial charge is 0.318 e. The molecular formula is C8H15N4O+. The number of nitrogens with one attached hydrogen (secondary N) is 1. The van der Waals surface area contributed by atoms with Gasteiger partial charge in [-0.05, 0) is 6.42 Å². The second-order valence-corrected chi connectivity index (χ2v) is 3.03.